The Kier molecular flexibility index (Phi) is 5.47. The molecular formula is C15H21F3N2O. The molecule has 21 heavy (non-hydrogen) atoms. The van der Waals surface area contributed by atoms with Gasteiger partial charge in [-0.3, -0.25) is 4.90 Å². The second-order valence-electron chi connectivity index (χ2n) is 5.13. The summed E-state index contributed by atoms with van der Waals surface area (Å²) < 4.78 is 44.2. The van der Waals surface area contributed by atoms with Gasteiger partial charge in [0.1, 0.15) is 5.75 Å². The van der Waals surface area contributed by atoms with E-state index in [1.807, 2.05) is 11.8 Å². The Bertz CT molecular complexity index is 445. The fraction of sp³-hybridized carbons (Fsp3) is 0.600. The van der Waals surface area contributed by atoms with Crippen LogP contribution in [0.15, 0.2) is 24.3 Å². The van der Waals surface area contributed by atoms with Crippen molar-refractivity contribution in [3.8, 4) is 5.75 Å². The van der Waals surface area contributed by atoms with Gasteiger partial charge >= 0.3 is 6.18 Å². The molecule has 0 spiro atoms. The van der Waals surface area contributed by atoms with Crippen LogP contribution in [0.4, 0.5) is 13.2 Å². The number of nitrogens with one attached hydrogen (secondary N) is 1. The summed E-state index contributed by atoms with van der Waals surface area (Å²) in [6, 6.07) is 6.36. The van der Waals surface area contributed by atoms with Crippen molar-refractivity contribution >= 4 is 0 Å². The SMILES string of the molecule is CCOc1cccc([C@H](CC(F)(F)F)N2CCNCC2)c1. The first-order valence-electron chi connectivity index (χ1n) is 7.24. The average Bonchev–Trinajstić information content (AvgIpc) is 2.45. The zero-order chi connectivity index (χ0) is 15.3. The van der Waals surface area contributed by atoms with Gasteiger partial charge in [0.2, 0.25) is 0 Å². The zero-order valence-corrected chi connectivity index (χ0v) is 12.1. The van der Waals surface area contributed by atoms with E-state index in [2.05, 4.69) is 5.32 Å². The van der Waals surface area contributed by atoms with E-state index in [1.54, 1.807) is 24.3 Å². The highest BCUT2D eigenvalue weighted by Crippen LogP contribution is 2.35. The normalized spacial score (nSPS) is 18.5. The maximum absolute atomic E-state index is 12.9. The molecule has 1 fully saturated rings. The predicted molar refractivity (Wildman–Crippen MR) is 75.5 cm³/mol. The first kappa shape index (κ1) is 16.1. The smallest absolute Gasteiger partial charge is 0.390 e. The van der Waals surface area contributed by atoms with Crippen molar-refractivity contribution in [2.75, 3.05) is 32.8 Å². The summed E-state index contributed by atoms with van der Waals surface area (Å²) in [5.74, 6) is 0.623. The predicted octanol–water partition coefficient (Wildman–Crippen LogP) is 2.98. The van der Waals surface area contributed by atoms with E-state index in [4.69, 9.17) is 4.74 Å². The molecule has 0 amide bonds. The fourth-order valence-electron chi connectivity index (χ4n) is 2.65. The van der Waals surface area contributed by atoms with E-state index >= 15 is 0 Å². The minimum Gasteiger partial charge on any atom is -0.494 e. The summed E-state index contributed by atoms with van der Waals surface area (Å²) in [4.78, 5) is 1.90. The average molecular weight is 302 g/mol. The lowest BCUT2D eigenvalue weighted by molar-refractivity contribution is -0.148. The van der Waals surface area contributed by atoms with E-state index < -0.39 is 18.6 Å². The minimum absolute atomic E-state index is 0.501. The second kappa shape index (κ2) is 7.13. The third-order valence-corrected chi connectivity index (χ3v) is 3.57. The summed E-state index contributed by atoms with van der Waals surface area (Å²) in [7, 11) is 0. The molecule has 1 atom stereocenters. The lowest BCUT2D eigenvalue weighted by atomic mass is 10.0. The van der Waals surface area contributed by atoms with Crippen LogP contribution in [0.25, 0.3) is 0 Å². The van der Waals surface area contributed by atoms with Crippen LogP contribution in [0.1, 0.15) is 24.9 Å². The van der Waals surface area contributed by atoms with Crippen LogP contribution in [-0.4, -0.2) is 43.9 Å². The molecule has 1 aromatic rings. The molecule has 1 aliphatic rings. The molecule has 1 heterocycles. The van der Waals surface area contributed by atoms with Crippen molar-refractivity contribution in [1.82, 2.24) is 10.2 Å². The number of benzene rings is 1. The number of ether oxygens (including phenoxy) is 1. The third-order valence-electron chi connectivity index (χ3n) is 3.57. The molecule has 0 unspecified atom stereocenters. The molecule has 118 valence electrons. The largest absolute Gasteiger partial charge is 0.494 e. The van der Waals surface area contributed by atoms with Crippen LogP contribution in [0.2, 0.25) is 0 Å². The Morgan fingerprint density at radius 1 is 1.29 bits per heavy atom. The van der Waals surface area contributed by atoms with Crippen LogP contribution >= 0.6 is 0 Å². The Morgan fingerprint density at radius 2 is 2.00 bits per heavy atom. The third kappa shape index (κ3) is 4.89. The maximum Gasteiger partial charge on any atom is 0.390 e. The summed E-state index contributed by atoms with van der Waals surface area (Å²) in [5, 5.41) is 3.17. The first-order chi connectivity index (χ1) is 9.99. The van der Waals surface area contributed by atoms with E-state index in [-0.39, 0.29) is 0 Å². The molecule has 2 rings (SSSR count). The summed E-state index contributed by atoms with van der Waals surface area (Å²) in [6.07, 6.45) is -5.01. The molecule has 0 aromatic heterocycles. The van der Waals surface area contributed by atoms with Gasteiger partial charge < -0.3 is 10.1 Å². The Morgan fingerprint density at radius 3 is 2.62 bits per heavy atom. The van der Waals surface area contributed by atoms with Gasteiger partial charge in [0, 0.05) is 32.2 Å². The number of rotatable bonds is 5. The lowest BCUT2D eigenvalue weighted by Crippen LogP contribution is -2.46. The lowest BCUT2D eigenvalue weighted by Gasteiger charge is -2.35. The van der Waals surface area contributed by atoms with Crippen molar-refractivity contribution in [3.05, 3.63) is 29.8 Å². The first-order valence-corrected chi connectivity index (χ1v) is 7.24. The van der Waals surface area contributed by atoms with Crippen molar-refractivity contribution in [3.63, 3.8) is 0 Å². The molecule has 0 bridgehead atoms. The zero-order valence-electron chi connectivity index (χ0n) is 12.1. The molecule has 0 saturated carbocycles. The van der Waals surface area contributed by atoms with Gasteiger partial charge in [0.25, 0.3) is 0 Å². The standard InChI is InChI=1S/C15H21F3N2O/c1-2-21-13-5-3-4-12(10-13)14(11-15(16,17)18)20-8-6-19-7-9-20/h3-5,10,14,19H,2,6-9,11H2,1H3/t14-/m0/s1. The van der Waals surface area contributed by atoms with Gasteiger partial charge in [-0.05, 0) is 24.6 Å². The highest BCUT2D eigenvalue weighted by molar-refractivity contribution is 5.31. The summed E-state index contributed by atoms with van der Waals surface area (Å²) >= 11 is 0. The molecule has 0 aliphatic carbocycles. The topological polar surface area (TPSA) is 24.5 Å². The van der Waals surface area contributed by atoms with Crippen LogP contribution in [0, 0.1) is 0 Å². The molecule has 0 radical (unpaired) electrons. The van der Waals surface area contributed by atoms with Gasteiger partial charge in [0.05, 0.1) is 13.0 Å². The number of alkyl halides is 3. The van der Waals surface area contributed by atoms with Gasteiger partial charge in [-0.2, -0.15) is 13.2 Å². The second-order valence-corrected chi connectivity index (χ2v) is 5.13. The van der Waals surface area contributed by atoms with Crippen molar-refractivity contribution in [1.29, 1.82) is 0 Å². The van der Waals surface area contributed by atoms with Crippen LogP contribution < -0.4 is 10.1 Å². The van der Waals surface area contributed by atoms with Gasteiger partial charge in [-0.1, -0.05) is 12.1 Å². The number of hydrogen-bond acceptors (Lipinski definition) is 3. The minimum atomic E-state index is -4.18. The Hall–Kier alpha value is -1.27. The highest BCUT2D eigenvalue weighted by atomic mass is 19.4. The molecular weight excluding hydrogens is 281 g/mol. The number of nitrogens with zero attached hydrogens (tertiary/aromatic N) is 1. The Labute approximate surface area is 123 Å². The monoisotopic (exact) mass is 302 g/mol. The molecule has 1 aromatic carbocycles. The van der Waals surface area contributed by atoms with E-state index in [9.17, 15) is 13.2 Å². The van der Waals surface area contributed by atoms with Crippen LogP contribution in [0.3, 0.4) is 0 Å². The number of hydrogen-bond donors (Lipinski definition) is 1. The Balaban J connectivity index is 2.22. The van der Waals surface area contributed by atoms with Crippen LogP contribution in [-0.2, 0) is 0 Å². The van der Waals surface area contributed by atoms with E-state index in [1.165, 1.54) is 0 Å². The molecule has 1 saturated heterocycles. The van der Waals surface area contributed by atoms with Crippen molar-refractivity contribution in [2.45, 2.75) is 25.6 Å². The molecule has 1 N–H and O–H groups in total. The van der Waals surface area contributed by atoms with Crippen molar-refractivity contribution in [2.24, 2.45) is 0 Å². The van der Waals surface area contributed by atoms with Crippen LogP contribution in [0.5, 0.6) is 5.75 Å². The van der Waals surface area contributed by atoms with E-state index in [0.717, 1.165) is 13.1 Å². The van der Waals surface area contributed by atoms with Gasteiger partial charge in [0.15, 0.2) is 0 Å². The maximum atomic E-state index is 12.9. The molecule has 6 heteroatoms. The summed E-state index contributed by atoms with van der Waals surface area (Å²) in [5.41, 5.74) is 0.667. The summed E-state index contributed by atoms with van der Waals surface area (Å²) in [6.45, 7) is 5.05. The fourth-order valence-corrected chi connectivity index (χ4v) is 2.65. The molecule has 1 aliphatic heterocycles. The highest BCUT2D eigenvalue weighted by Gasteiger charge is 2.36. The number of halogens is 3. The van der Waals surface area contributed by atoms with E-state index in [0.29, 0.717) is 31.0 Å². The number of piperazine rings is 1. The van der Waals surface area contributed by atoms with Crippen molar-refractivity contribution < 1.29 is 17.9 Å². The van der Waals surface area contributed by atoms with Gasteiger partial charge in [-0.25, -0.2) is 0 Å². The van der Waals surface area contributed by atoms with Gasteiger partial charge in [-0.15, -0.1) is 0 Å². The quantitative estimate of drug-likeness (QED) is 0.905. The molecule has 3 nitrogen and oxygen atoms in total.